The Labute approximate surface area is 227 Å². The van der Waals surface area contributed by atoms with Crippen molar-refractivity contribution in [2.45, 2.75) is 105 Å². The molecule has 206 valence electrons. The summed E-state index contributed by atoms with van der Waals surface area (Å²) in [5.74, 6) is 3.41. The van der Waals surface area contributed by atoms with Gasteiger partial charge < -0.3 is 19.0 Å². The fourth-order valence-corrected chi connectivity index (χ4v) is 5.73. The van der Waals surface area contributed by atoms with Crippen molar-refractivity contribution < 1.29 is 19.0 Å². The van der Waals surface area contributed by atoms with Crippen molar-refractivity contribution in [2.24, 2.45) is 11.8 Å². The maximum Gasteiger partial charge on any atom is 0.235 e. The Morgan fingerprint density at radius 2 is 1.76 bits per heavy atom. The summed E-state index contributed by atoms with van der Waals surface area (Å²) < 4.78 is 18.6. The third-order valence-corrected chi connectivity index (χ3v) is 8.38. The van der Waals surface area contributed by atoms with Crippen molar-refractivity contribution in [3.8, 4) is 23.0 Å². The zero-order valence-electron chi connectivity index (χ0n) is 24.2. The van der Waals surface area contributed by atoms with Crippen LogP contribution in [0.25, 0.3) is 11.0 Å². The van der Waals surface area contributed by atoms with E-state index in [1.165, 1.54) is 50.5 Å². The number of rotatable bonds is 10. The maximum absolute atomic E-state index is 13.1. The minimum atomic E-state index is -0.261. The molecule has 1 aromatic heterocycles. The average Bonchev–Trinajstić information content (AvgIpc) is 2.86. The van der Waals surface area contributed by atoms with Crippen LogP contribution in [0, 0.1) is 32.6 Å². The van der Waals surface area contributed by atoms with Crippen LogP contribution < -0.4 is 14.9 Å². The third kappa shape index (κ3) is 6.03. The molecule has 2 heterocycles. The molecule has 3 aromatic rings. The quantitative estimate of drug-likeness (QED) is 0.289. The Kier molecular flexibility index (Phi) is 8.44. The molecule has 0 amide bonds. The van der Waals surface area contributed by atoms with E-state index in [0.29, 0.717) is 16.7 Å². The molecule has 0 unspecified atom stereocenters. The predicted octanol–water partition coefficient (Wildman–Crippen LogP) is 8.93. The second kappa shape index (κ2) is 11.4. The van der Waals surface area contributed by atoms with Crippen LogP contribution in [0.4, 0.5) is 0 Å². The molecule has 0 bridgehead atoms. The van der Waals surface area contributed by atoms with Gasteiger partial charge in [0, 0.05) is 11.6 Å². The first kappa shape index (κ1) is 28.1. The van der Waals surface area contributed by atoms with Gasteiger partial charge in [-0.1, -0.05) is 46.5 Å². The Hall–Kier alpha value is -2.95. The van der Waals surface area contributed by atoms with Crippen molar-refractivity contribution in [2.75, 3.05) is 0 Å². The molecule has 0 radical (unpaired) electrons. The number of hydrogen-bond donors (Lipinski definition) is 1. The molecule has 38 heavy (non-hydrogen) atoms. The van der Waals surface area contributed by atoms with Gasteiger partial charge in [0.2, 0.25) is 11.2 Å². The number of ether oxygens (including phenoxy) is 2. The van der Waals surface area contributed by atoms with Gasteiger partial charge in [-0.15, -0.1) is 0 Å². The molecule has 2 aromatic carbocycles. The highest BCUT2D eigenvalue weighted by Gasteiger charge is 2.34. The Bertz CT molecular complexity index is 1350. The van der Waals surface area contributed by atoms with Crippen molar-refractivity contribution in [1.82, 2.24) is 0 Å². The van der Waals surface area contributed by atoms with Gasteiger partial charge in [-0.3, -0.25) is 4.79 Å². The number of aromatic hydroxyl groups is 1. The van der Waals surface area contributed by atoms with E-state index in [-0.39, 0.29) is 22.5 Å². The van der Waals surface area contributed by atoms with Gasteiger partial charge in [0.25, 0.3) is 0 Å². The molecule has 5 heteroatoms. The summed E-state index contributed by atoms with van der Waals surface area (Å²) in [6.45, 7) is 15.4. The topological polar surface area (TPSA) is 68.9 Å². The summed E-state index contributed by atoms with van der Waals surface area (Å²) in [4.78, 5) is 13.1. The van der Waals surface area contributed by atoms with E-state index >= 15 is 0 Å². The summed E-state index contributed by atoms with van der Waals surface area (Å²) >= 11 is 0. The molecule has 1 aliphatic rings. The van der Waals surface area contributed by atoms with Gasteiger partial charge in [-0.05, 0) is 94.0 Å². The van der Waals surface area contributed by atoms with Crippen LogP contribution in [0.2, 0.25) is 0 Å². The van der Waals surface area contributed by atoms with Crippen LogP contribution in [0.15, 0.2) is 33.7 Å². The first-order valence-corrected chi connectivity index (χ1v) is 14.2. The van der Waals surface area contributed by atoms with E-state index < -0.39 is 0 Å². The highest BCUT2D eigenvalue weighted by atomic mass is 16.5. The van der Waals surface area contributed by atoms with Gasteiger partial charge in [-0.2, -0.15) is 0 Å². The standard InChI is InChI=1S/C33H44O5/c1-20(2)10-8-11-21(3)12-9-16-33(7)17-15-26-24(6)31(22(4)23(5)32(26)38-33)37-29-19-36-28-18-25(34)13-14-27(28)30(29)35/h13-14,18-21,34H,8-12,15-17H2,1-7H3/t21-,33+/m0/s1. The van der Waals surface area contributed by atoms with Gasteiger partial charge in [0.1, 0.15) is 34.7 Å². The van der Waals surface area contributed by atoms with E-state index in [0.717, 1.165) is 59.1 Å². The second-order valence-electron chi connectivity index (χ2n) is 12.1. The minimum absolute atomic E-state index is 0.0504. The lowest BCUT2D eigenvalue weighted by molar-refractivity contribution is 0.0512. The molecule has 0 spiro atoms. The van der Waals surface area contributed by atoms with E-state index in [1.807, 2.05) is 13.8 Å². The van der Waals surface area contributed by atoms with Gasteiger partial charge in [0.05, 0.1) is 5.39 Å². The molecular weight excluding hydrogens is 476 g/mol. The van der Waals surface area contributed by atoms with Crippen LogP contribution in [-0.4, -0.2) is 10.7 Å². The Balaban J connectivity index is 1.49. The van der Waals surface area contributed by atoms with Crippen LogP contribution >= 0.6 is 0 Å². The molecule has 4 rings (SSSR count). The molecular formula is C33H44O5. The fourth-order valence-electron chi connectivity index (χ4n) is 5.73. The Morgan fingerprint density at radius 1 is 1.03 bits per heavy atom. The molecule has 0 fully saturated rings. The lowest BCUT2D eigenvalue weighted by atomic mass is 9.84. The number of benzene rings is 2. The fraction of sp³-hybridized carbons (Fsp3) is 0.545. The summed E-state index contributed by atoms with van der Waals surface area (Å²) in [6.07, 6.45) is 10.7. The molecule has 1 aliphatic heterocycles. The summed E-state index contributed by atoms with van der Waals surface area (Å²) in [6, 6.07) is 4.47. The van der Waals surface area contributed by atoms with Crippen molar-refractivity contribution in [3.05, 3.63) is 56.9 Å². The summed E-state index contributed by atoms with van der Waals surface area (Å²) in [7, 11) is 0. The van der Waals surface area contributed by atoms with Crippen LogP contribution in [-0.2, 0) is 6.42 Å². The van der Waals surface area contributed by atoms with E-state index in [4.69, 9.17) is 13.9 Å². The molecule has 2 atom stereocenters. The highest BCUT2D eigenvalue weighted by molar-refractivity contribution is 5.79. The first-order valence-electron chi connectivity index (χ1n) is 14.2. The maximum atomic E-state index is 13.1. The monoisotopic (exact) mass is 520 g/mol. The molecule has 1 N–H and O–H groups in total. The largest absolute Gasteiger partial charge is 0.508 e. The summed E-state index contributed by atoms with van der Waals surface area (Å²) in [5.41, 5.74) is 4.10. The predicted molar refractivity (Wildman–Crippen MR) is 154 cm³/mol. The van der Waals surface area contributed by atoms with Crippen LogP contribution in [0.3, 0.4) is 0 Å². The second-order valence-corrected chi connectivity index (χ2v) is 12.1. The molecule has 0 aliphatic carbocycles. The first-order chi connectivity index (χ1) is 18.0. The van der Waals surface area contributed by atoms with E-state index in [9.17, 15) is 9.90 Å². The normalized spacial score (nSPS) is 17.9. The van der Waals surface area contributed by atoms with Gasteiger partial charge in [-0.25, -0.2) is 0 Å². The van der Waals surface area contributed by atoms with E-state index in [2.05, 4.69) is 34.6 Å². The highest BCUT2D eigenvalue weighted by Crippen LogP contribution is 2.45. The van der Waals surface area contributed by atoms with Crippen molar-refractivity contribution >= 4 is 11.0 Å². The van der Waals surface area contributed by atoms with Gasteiger partial charge >= 0.3 is 0 Å². The summed E-state index contributed by atoms with van der Waals surface area (Å²) in [5, 5.41) is 10.1. The third-order valence-electron chi connectivity index (χ3n) is 8.38. The smallest absolute Gasteiger partial charge is 0.235 e. The lowest BCUT2D eigenvalue weighted by Crippen LogP contribution is -2.37. The molecule has 5 nitrogen and oxygen atoms in total. The van der Waals surface area contributed by atoms with Gasteiger partial charge in [0.15, 0.2) is 0 Å². The zero-order valence-corrected chi connectivity index (χ0v) is 24.2. The lowest BCUT2D eigenvalue weighted by Gasteiger charge is -2.38. The Morgan fingerprint density at radius 3 is 2.50 bits per heavy atom. The number of phenolic OH excluding ortho intramolecular Hbond substituents is 1. The number of phenols is 1. The van der Waals surface area contributed by atoms with Crippen LogP contribution in [0.5, 0.6) is 23.0 Å². The SMILES string of the molecule is Cc1c(C)c2c(c(C)c1Oc1coc3cc(O)ccc3c1=O)CC[C@@](C)(CCC[C@@H](C)CCCC(C)C)O2. The molecule has 0 saturated carbocycles. The van der Waals surface area contributed by atoms with Crippen LogP contribution in [0.1, 0.15) is 94.9 Å². The minimum Gasteiger partial charge on any atom is -0.508 e. The molecule has 0 saturated heterocycles. The van der Waals surface area contributed by atoms with E-state index in [1.54, 1.807) is 6.07 Å². The number of fused-ring (bicyclic) bond motifs is 2. The number of hydrogen-bond acceptors (Lipinski definition) is 5. The zero-order chi connectivity index (χ0) is 27.6. The average molecular weight is 521 g/mol. The van der Waals surface area contributed by atoms with Crippen molar-refractivity contribution in [1.29, 1.82) is 0 Å². The van der Waals surface area contributed by atoms with Crippen molar-refractivity contribution in [3.63, 3.8) is 0 Å².